The molecule has 0 aliphatic carbocycles. The minimum atomic E-state index is -0.648. The van der Waals surface area contributed by atoms with Crippen molar-refractivity contribution in [3.63, 3.8) is 0 Å². The highest BCUT2D eigenvalue weighted by molar-refractivity contribution is 9.10. The Labute approximate surface area is 141 Å². The minimum Gasteiger partial charge on any atom is -0.493 e. The lowest BCUT2D eigenvalue weighted by Gasteiger charge is -2.14. The Morgan fingerprint density at radius 3 is 2.39 bits per heavy atom. The molecule has 0 spiro atoms. The van der Waals surface area contributed by atoms with Gasteiger partial charge in [-0.3, -0.25) is 0 Å². The zero-order valence-electron chi connectivity index (χ0n) is 12.7. The van der Waals surface area contributed by atoms with Crippen molar-refractivity contribution < 1.29 is 19.0 Å². The van der Waals surface area contributed by atoms with Gasteiger partial charge in [0.25, 0.3) is 0 Å². The number of methoxy groups -OCH3 is 3. The third-order valence-corrected chi connectivity index (χ3v) is 3.89. The molecule has 0 aliphatic rings. The Hall–Kier alpha value is -2.66. The van der Waals surface area contributed by atoms with Crippen molar-refractivity contribution in [2.24, 2.45) is 0 Å². The Kier molecular flexibility index (Phi) is 4.81. The molecule has 0 radical (unpaired) electrons. The maximum atomic E-state index is 12.0. The summed E-state index contributed by atoms with van der Waals surface area (Å²) in [5.41, 5.74) is 6.74. The van der Waals surface area contributed by atoms with E-state index in [0.717, 1.165) is 0 Å². The molecule has 0 saturated carbocycles. The number of nitrogens with zero attached hydrogens (tertiary/aromatic N) is 2. The number of anilines is 1. The molecule has 0 fully saturated rings. The van der Waals surface area contributed by atoms with Gasteiger partial charge in [-0.2, -0.15) is 5.26 Å². The van der Waals surface area contributed by atoms with Crippen LogP contribution in [0.2, 0.25) is 0 Å². The van der Waals surface area contributed by atoms with Gasteiger partial charge in [0.2, 0.25) is 0 Å². The van der Waals surface area contributed by atoms with Crippen LogP contribution in [0.3, 0.4) is 0 Å². The summed E-state index contributed by atoms with van der Waals surface area (Å²) in [6.07, 6.45) is 1.47. The number of hydrogen-bond donors (Lipinski definition) is 1. The minimum absolute atomic E-state index is 0.0565. The van der Waals surface area contributed by atoms with Gasteiger partial charge in [-0.05, 0) is 15.9 Å². The van der Waals surface area contributed by atoms with Crippen LogP contribution in [0.1, 0.15) is 16.1 Å². The van der Waals surface area contributed by atoms with Gasteiger partial charge in [0.15, 0.2) is 17.2 Å². The Balaban J connectivity index is 2.77. The van der Waals surface area contributed by atoms with Crippen molar-refractivity contribution >= 4 is 27.6 Å². The number of carbonyl (C=O) groups is 1. The van der Waals surface area contributed by atoms with E-state index in [1.807, 2.05) is 6.07 Å². The second kappa shape index (κ2) is 6.62. The standard InChI is InChI=1S/C15H14BrN3O4/c1-21-11-4-9(16)10(5-12(11)22-2)19-7-8(6-17)13(18)14(19)15(20)23-3/h4-5,7H,18H2,1-3H3. The van der Waals surface area contributed by atoms with E-state index in [-0.39, 0.29) is 16.9 Å². The zero-order valence-corrected chi connectivity index (χ0v) is 14.3. The summed E-state index contributed by atoms with van der Waals surface area (Å²) in [5.74, 6) is 0.335. The number of nitrogen functional groups attached to an aromatic ring is 1. The summed E-state index contributed by atoms with van der Waals surface area (Å²) in [6.45, 7) is 0. The molecule has 0 saturated heterocycles. The fourth-order valence-corrected chi connectivity index (χ4v) is 2.65. The summed E-state index contributed by atoms with van der Waals surface area (Å²) in [4.78, 5) is 12.0. The summed E-state index contributed by atoms with van der Waals surface area (Å²) in [6, 6.07) is 5.31. The molecular weight excluding hydrogens is 366 g/mol. The molecule has 23 heavy (non-hydrogen) atoms. The van der Waals surface area contributed by atoms with E-state index in [9.17, 15) is 4.79 Å². The number of benzene rings is 1. The molecule has 7 nitrogen and oxygen atoms in total. The summed E-state index contributed by atoms with van der Waals surface area (Å²) in [7, 11) is 4.27. The molecule has 0 atom stereocenters. The van der Waals surface area contributed by atoms with Crippen LogP contribution in [-0.2, 0) is 4.74 Å². The molecule has 120 valence electrons. The molecule has 2 aromatic rings. The molecule has 2 rings (SSSR count). The maximum absolute atomic E-state index is 12.0. The largest absolute Gasteiger partial charge is 0.493 e. The summed E-state index contributed by atoms with van der Waals surface area (Å²) < 4.78 is 17.4. The normalized spacial score (nSPS) is 10.0. The molecule has 8 heteroatoms. The predicted molar refractivity (Wildman–Crippen MR) is 87.0 cm³/mol. The molecule has 0 bridgehead atoms. The van der Waals surface area contributed by atoms with Gasteiger partial charge in [0, 0.05) is 22.8 Å². The van der Waals surface area contributed by atoms with Crippen molar-refractivity contribution in [3.05, 3.63) is 34.1 Å². The van der Waals surface area contributed by atoms with Gasteiger partial charge in [-0.15, -0.1) is 0 Å². The van der Waals surface area contributed by atoms with Gasteiger partial charge < -0.3 is 24.5 Å². The molecule has 0 unspecified atom stereocenters. The SMILES string of the molecule is COC(=O)c1c(N)c(C#N)cn1-c1cc(OC)c(OC)cc1Br. The molecule has 1 aromatic carbocycles. The lowest BCUT2D eigenvalue weighted by molar-refractivity contribution is 0.0593. The first-order chi connectivity index (χ1) is 11.0. The van der Waals surface area contributed by atoms with E-state index in [2.05, 4.69) is 15.9 Å². The van der Waals surface area contributed by atoms with Crippen molar-refractivity contribution in [1.29, 1.82) is 5.26 Å². The number of esters is 1. The Morgan fingerprint density at radius 1 is 1.26 bits per heavy atom. The zero-order chi connectivity index (χ0) is 17.1. The monoisotopic (exact) mass is 379 g/mol. The first kappa shape index (κ1) is 16.7. The fourth-order valence-electron chi connectivity index (χ4n) is 2.13. The number of ether oxygens (including phenoxy) is 3. The quantitative estimate of drug-likeness (QED) is 0.819. The lowest BCUT2D eigenvalue weighted by atomic mass is 10.2. The second-order valence-corrected chi connectivity index (χ2v) is 5.29. The Morgan fingerprint density at radius 2 is 1.87 bits per heavy atom. The average Bonchev–Trinajstić information content (AvgIpc) is 2.90. The van der Waals surface area contributed by atoms with Crippen LogP contribution in [-0.4, -0.2) is 31.9 Å². The lowest BCUT2D eigenvalue weighted by Crippen LogP contribution is -2.11. The van der Waals surface area contributed by atoms with Gasteiger partial charge in [-0.25, -0.2) is 4.79 Å². The molecule has 0 amide bonds. The van der Waals surface area contributed by atoms with Crippen LogP contribution in [0, 0.1) is 11.3 Å². The van der Waals surface area contributed by atoms with E-state index in [1.54, 1.807) is 12.1 Å². The van der Waals surface area contributed by atoms with E-state index >= 15 is 0 Å². The van der Waals surface area contributed by atoms with Crippen LogP contribution < -0.4 is 15.2 Å². The number of aromatic nitrogens is 1. The van der Waals surface area contributed by atoms with Crippen molar-refractivity contribution in [2.45, 2.75) is 0 Å². The number of hydrogen-bond acceptors (Lipinski definition) is 6. The maximum Gasteiger partial charge on any atom is 0.357 e. The first-order valence-electron chi connectivity index (χ1n) is 6.39. The van der Waals surface area contributed by atoms with E-state index < -0.39 is 5.97 Å². The smallest absolute Gasteiger partial charge is 0.357 e. The highest BCUT2D eigenvalue weighted by Crippen LogP contribution is 2.37. The van der Waals surface area contributed by atoms with Crippen LogP contribution in [0.25, 0.3) is 5.69 Å². The number of carbonyl (C=O) groups excluding carboxylic acids is 1. The van der Waals surface area contributed by atoms with Crippen LogP contribution in [0.5, 0.6) is 11.5 Å². The Bertz CT molecular complexity index is 808. The van der Waals surface area contributed by atoms with Gasteiger partial charge in [0.05, 0.1) is 38.3 Å². The first-order valence-corrected chi connectivity index (χ1v) is 7.18. The number of nitriles is 1. The van der Waals surface area contributed by atoms with Gasteiger partial charge in [-0.1, -0.05) is 0 Å². The van der Waals surface area contributed by atoms with Crippen LogP contribution in [0.15, 0.2) is 22.8 Å². The highest BCUT2D eigenvalue weighted by Gasteiger charge is 2.23. The van der Waals surface area contributed by atoms with E-state index in [1.165, 1.54) is 32.1 Å². The molecule has 0 aliphatic heterocycles. The molecule has 1 aromatic heterocycles. The summed E-state index contributed by atoms with van der Waals surface area (Å²) in [5, 5.41) is 9.16. The third-order valence-electron chi connectivity index (χ3n) is 3.26. The van der Waals surface area contributed by atoms with E-state index in [4.69, 9.17) is 25.2 Å². The fraction of sp³-hybridized carbons (Fsp3) is 0.200. The second-order valence-electron chi connectivity index (χ2n) is 4.44. The van der Waals surface area contributed by atoms with Crippen molar-refractivity contribution in [1.82, 2.24) is 4.57 Å². The van der Waals surface area contributed by atoms with E-state index in [0.29, 0.717) is 21.7 Å². The van der Waals surface area contributed by atoms with Crippen LogP contribution >= 0.6 is 15.9 Å². The average molecular weight is 380 g/mol. The molecular formula is C15H14BrN3O4. The highest BCUT2D eigenvalue weighted by atomic mass is 79.9. The molecule has 2 N–H and O–H groups in total. The third kappa shape index (κ3) is 2.83. The number of rotatable bonds is 4. The summed E-state index contributed by atoms with van der Waals surface area (Å²) >= 11 is 3.42. The predicted octanol–water partition coefficient (Wildman–Crippen LogP) is 2.50. The number of halogens is 1. The topological polar surface area (TPSA) is 99.5 Å². The molecule has 1 heterocycles. The van der Waals surface area contributed by atoms with Crippen LogP contribution in [0.4, 0.5) is 5.69 Å². The van der Waals surface area contributed by atoms with Crippen molar-refractivity contribution in [2.75, 3.05) is 27.1 Å². The van der Waals surface area contributed by atoms with Gasteiger partial charge >= 0.3 is 5.97 Å². The van der Waals surface area contributed by atoms with Crippen molar-refractivity contribution in [3.8, 4) is 23.3 Å². The number of nitrogens with two attached hydrogens (primary N) is 1. The van der Waals surface area contributed by atoms with Gasteiger partial charge in [0.1, 0.15) is 6.07 Å².